The van der Waals surface area contributed by atoms with Crippen molar-refractivity contribution < 1.29 is 24.8 Å². The molecule has 25 heavy (non-hydrogen) atoms. The van der Waals surface area contributed by atoms with Crippen LogP contribution < -0.4 is 10.6 Å². The van der Waals surface area contributed by atoms with Crippen molar-refractivity contribution >= 4 is 18.5 Å². The van der Waals surface area contributed by atoms with Gasteiger partial charge in [-0.3, -0.25) is 0 Å². The van der Waals surface area contributed by atoms with Gasteiger partial charge in [0, 0.05) is 13.3 Å². The third-order valence-electron chi connectivity index (χ3n) is 4.40. The first-order valence-corrected chi connectivity index (χ1v) is 9.74. The molecule has 5 atom stereocenters. The van der Waals surface area contributed by atoms with E-state index in [2.05, 4.69) is 24.3 Å². The highest BCUT2D eigenvalue weighted by atomic mass is 31.1. The largest absolute Gasteiger partial charge is 0.388 e. The van der Waals surface area contributed by atoms with Crippen LogP contribution in [-0.2, 0) is 9.47 Å². The quantitative estimate of drug-likeness (QED) is 0.678. The first-order valence-electron chi connectivity index (χ1n) is 8.22. The zero-order chi connectivity index (χ0) is 17.8. The Kier molecular flexibility index (Phi) is 6.18. The van der Waals surface area contributed by atoms with Crippen molar-refractivity contribution in [3.05, 3.63) is 60.7 Å². The Morgan fingerprint density at radius 2 is 1.36 bits per heavy atom. The summed E-state index contributed by atoms with van der Waals surface area (Å²) in [4.78, 5) is 0. The maximum atomic E-state index is 10.4. The van der Waals surface area contributed by atoms with Gasteiger partial charge in [0.1, 0.15) is 18.3 Å². The van der Waals surface area contributed by atoms with E-state index in [0.717, 1.165) is 10.6 Å². The average molecular weight is 362 g/mol. The van der Waals surface area contributed by atoms with Gasteiger partial charge in [-0.05, 0) is 18.5 Å². The second kappa shape index (κ2) is 8.37. The Balaban J connectivity index is 1.87. The molecule has 0 bridgehead atoms. The normalized spacial score (nSPS) is 29.7. The smallest absolute Gasteiger partial charge is 0.186 e. The molecule has 0 radical (unpaired) electrons. The molecule has 0 spiro atoms. The third-order valence-corrected chi connectivity index (χ3v) is 6.97. The van der Waals surface area contributed by atoms with Crippen molar-refractivity contribution in [3.8, 4) is 0 Å². The van der Waals surface area contributed by atoms with E-state index in [1.54, 1.807) is 0 Å². The number of benzene rings is 2. The van der Waals surface area contributed by atoms with Crippen LogP contribution in [0.2, 0.25) is 0 Å². The van der Waals surface area contributed by atoms with Gasteiger partial charge in [0.25, 0.3) is 0 Å². The summed E-state index contributed by atoms with van der Waals surface area (Å²) in [7, 11) is 0.618. The maximum absolute atomic E-state index is 10.4. The molecule has 1 saturated heterocycles. The summed E-state index contributed by atoms with van der Waals surface area (Å²) in [5.74, 6) is 0. The molecule has 2 aromatic rings. The van der Waals surface area contributed by atoms with Crippen LogP contribution in [0.3, 0.4) is 0 Å². The first-order chi connectivity index (χ1) is 12.1. The number of hydrogen-bond acceptors (Lipinski definition) is 5. The van der Waals surface area contributed by atoms with Crippen LogP contribution in [0.5, 0.6) is 0 Å². The Hall–Kier alpha value is -1.33. The van der Waals surface area contributed by atoms with E-state index in [9.17, 15) is 15.3 Å². The molecule has 5 unspecified atom stereocenters. The van der Waals surface area contributed by atoms with Crippen LogP contribution in [-0.4, -0.2) is 59.3 Å². The molecule has 134 valence electrons. The molecule has 3 N–H and O–H groups in total. The fourth-order valence-corrected chi connectivity index (χ4v) is 5.46. The maximum Gasteiger partial charge on any atom is 0.186 e. The van der Waals surface area contributed by atoms with Gasteiger partial charge in [0.05, 0.1) is 6.10 Å². The minimum atomic E-state index is -1.30. The van der Waals surface area contributed by atoms with Crippen LogP contribution in [0.15, 0.2) is 60.7 Å². The molecule has 0 aliphatic carbocycles. The second-order valence-corrected chi connectivity index (χ2v) is 8.29. The van der Waals surface area contributed by atoms with E-state index in [0.29, 0.717) is 6.16 Å². The number of rotatable bonds is 5. The fourth-order valence-electron chi connectivity index (χ4n) is 3.02. The summed E-state index contributed by atoms with van der Waals surface area (Å²) in [5, 5.41) is 32.8. The number of aliphatic hydroxyl groups is 3. The van der Waals surface area contributed by atoms with Crippen LogP contribution in [0, 0.1) is 0 Å². The van der Waals surface area contributed by atoms with E-state index in [1.165, 1.54) is 7.11 Å². The minimum absolute atomic E-state index is 0.522. The molecule has 5 nitrogen and oxygen atoms in total. The highest BCUT2D eigenvalue weighted by Crippen LogP contribution is 2.37. The van der Waals surface area contributed by atoms with Gasteiger partial charge in [-0.25, -0.2) is 0 Å². The van der Waals surface area contributed by atoms with E-state index < -0.39 is 38.6 Å². The average Bonchev–Trinajstić information content (AvgIpc) is 2.67. The number of methoxy groups -OCH3 is 1. The lowest BCUT2D eigenvalue weighted by Gasteiger charge is -2.41. The number of ether oxygens (including phenoxy) is 2. The standard InChI is InChI=1S/C19H23O5P/c1-23-19-18(22)17(21)16(20)15(24-19)12-25(13-8-4-2-5-9-13)14-10-6-3-7-11-14/h2-11,15-22H,12H2,1H3. The zero-order valence-electron chi connectivity index (χ0n) is 14.0. The van der Waals surface area contributed by atoms with Gasteiger partial charge < -0.3 is 24.8 Å². The summed E-state index contributed by atoms with van der Waals surface area (Å²) >= 11 is 0. The topological polar surface area (TPSA) is 79.2 Å². The molecule has 2 aromatic carbocycles. The lowest BCUT2D eigenvalue weighted by molar-refractivity contribution is -0.285. The van der Waals surface area contributed by atoms with Crippen molar-refractivity contribution in [2.45, 2.75) is 30.7 Å². The Labute approximate surface area is 148 Å². The van der Waals surface area contributed by atoms with E-state index in [1.807, 2.05) is 36.4 Å². The van der Waals surface area contributed by atoms with Crippen molar-refractivity contribution in [2.75, 3.05) is 13.3 Å². The van der Waals surface area contributed by atoms with Gasteiger partial charge >= 0.3 is 0 Å². The van der Waals surface area contributed by atoms with Crippen molar-refractivity contribution in [2.24, 2.45) is 0 Å². The molecule has 0 saturated carbocycles. The molecule has 3 rings (SSSR count). The molecule has 1 fully saturated rings. The van der Waals surface area contributed by atoms with Crippen LogP contribution in [0.25, 0.3) is 0 Å². The summed E-state index contributed by atoms with van der Waals surface area (Å²) in [6.07, 6.45) is -4.79. The molecule has 1 aliphatic rings. The molecular weight excluding hydrogens is 339 g/mol. The molecule has 0 amide bonds. The first kappa shape index (κ1) is 18.5. The van der Waals surface area contributed by atoms with Crippen LogP contribution >= 0.6 is 7.92 Å². The third kappa shape index (κ3) is 4.09. The summed E-state index contributed by atoms with van der Waals surface area (Å²) in [6.45, 7) is 0. The monoisotopic (exact) mass is 362 g/mol. The van der Waals surface area contributed by atoms with Gasteiger partial charge in [-0.2, -0.15) is 0 Å². The summed E-state index contributed by atoms with van der Waals surface area (Å²) in [5.41, 5.74) is 0. The second-order valence-electron chi connectivity index (χ2n) is 6.03. The summed E-state index contributed by atoms with van der Waals surface area (Å²) in [6, 6.07) is 20.1. The molecule has 6 heteroatoms. The summed E-state index contributed by atoms with van der Waals surface area (Å²) < 4.78 is 10.8. The zero-order valence-corrected chi connectivity index (χ0v) is 14.9. The Bertz CT molecular complexity index is 612. The number of aliphatic hydroxyl groups excluding tert-OH is 3. The molecule has 1 aliphatic heterocycles. The van der Waals surface area contributed by atoms with Crippen molar-refractivity contribution in [3.63, 3.8) is 0 Å². The molecule has 1 heterocycles. The number of hydrogen-bond donors (Lipinski definition) is 3. The van der Waals surface area contributed by atoms with Gasteiger partial charge in [-0.15, -0.1) is 0 Å². The van der Waals surface area contributed by atoms with Gasteiger partial charge in [0.2, 0.25) is 0 Å². The van der Waals surface area contributed by atoms with Crippen molar-refractivity contribution in [1.29, 1.82) is 0 Å². The lowest BCUT2D eigenvalue weighted by Crippen LogP contribution is -2.59. The van der Waals surface area contributed by atoms with E-state index >= 15 is 0 Å². The van der Waals surface area contributed by atoms with Gasteiger partial charge in [0.15, 0.2) is 6.29 Å². The Morgan fingerprint density at radius 1 is 0.840 bits per heavy atom. The Morgan fingerprint density at radius 3 is 1.84 bits per heavy atom. The van der Waals surface area contributed by atoms with Gasteiger partial charge in [-0.1, -0.05) is 60.7 Å². The molecule has 0 aromatic heterocycles. The SMILES string of the molecule is COC1OC(CP(c2ccccc2)c2ccccc2)C(O)C(O)C1O. The van der Waals surface area contributed by atoms with Crippen LogP contribution in [0.4, 0.5) is 0 Å². The highest BCUT2D eigenvalue weighted by molar-refractivity contribution is 7.73. The van der Waals surface area contributed by atoms with Crippen molar-refractivity contribution in [1.82, 2.24) is 0 Å². The van der Waals surface area contributed by atoms with Crippen LogP contribution in [0.1, 0.15) is 0 Å². The fraction of sp³-hybridized carbons (Fsp3) is 0.368. The van der Waals surface area contributed by atoms with E-state index in [4.69, 9.17) is 9.47 Å². The predicted octanol–water partition coefficient (Wildman–Crippen LogP) is 0.573. The lowest BCUT2D eigenvalue weighted by atomic mass is 10.00. The predicted molar refractivity (Wildman–Crippen MR) is 97.6 cm³/mol. The highest BCUT2D eigenvalue weighted by Gasteiger charge is 2.44. The van der Waals surface area contributed by atoms with E-state index in [-0.39, 0.29) is 0 Å². The molecular formula is C19H23O5P. The minimum Gasteiger partial charge on any atom is -0.388 e.